The topological polar surface area (TPSA) is 122 Å². The second-order valence-corrected chi connectivity index (χ2v) is 4.44. The van der Waals surface area contributed by atoms with Crippen molar-refractivity contribution >= 4 is 21.5 Å². The van der Waals surface area contributed by atoms with Gasteiger partial charge in [0.1, 0.15) is 6.20 Å². The molecule has 0 amide bonds. The van der Waals surface area contributed by atoms with Crippen molar-refractivity contribution in [1.29, 1.82) is 0 Å². The van der Waals surface area contributed by atoms with Crippen LogP contribution in [0.4, 0.5) is 11.5 Å². The predicted octanol–water partition coefficient (Wildman–Crippen LogP) is 0.0669. The lowest BCUT2D eigenvalue weighted by Crippen LogP contribution is -2.11. The van der Waals surface area contributed by atoms with Crippen LogP contribution in [0.1, 0.15) is 0 Å². The standard InChI is InChI=1S/C6H7N3O5S/c1-15(13,14)8-6-5(10)2-4(3-7-6)9(11)12/h2-3,10H,1H3,(H,7,8). The molecule has 0 aliphatic rings. The number of hydrogen-bond donors (Lipinski definition) is 2. The van der Waals surface area contributed by atoms with E-state index >= 15 is 0 Å². The van der Waals surface area contributed by atoms with Crippen LogP contribution in [0.3, 0.4) is 0 Å². The molecule has 1 aromatic heterocycles. The van der Waals surface area contributed by atoms with Crippen molar-refractivity contribution in [1.82, 2.24) is 4.98 Å². The van der Waals surface area contributed by atoms with Gasteiger partial charge in [-0.1, -0.05) is 0 Å². The van der Waals surface area contributed by atoms with Crippen LogP contribution in [-0.2, 0) is 10.0 Å². The number of sulfonamides is 1. The van der Waals surface area contributed by atoms with Gasteiger partial charge in [0.2, 0.25) is 10.0 Å². The normalized spacial score (nSPS) is 11.0. The van der Waals surface area contributed by atoms with Crippen LogP contribution in [0.5, 0.6) is 5.75 Å². The summed E-state index contributed by atoms with van der Waals surface area (Å²) in [6.45, 7) is 0. The number of hydrogen-bond acceptors (Lipinski definition) is 6. The maximum absolute atomic E-state index is 10.8. The van der Waals surface area contributed by atoms with Crippen LogP contribution in [0.2, 0.25) is 0 Å². The van der Waals surface area contributed by atoms with E-state index in [4.69, 9.17) is 0 Å². The highest BCUT2D eigenvalue weighted by atomic mass is 32.2. The number of nitro groups is 1. The van der Waals surface area contributed by atoms with Crippen molar-refractivity contribution in [2.45, 2.75) is 0 Å². The van der Waals surface area contributed by atoms with Gasteiger partial charge < -0.3 is 5.11 Å². The third-order valence-electron chi connectivity index (χ3n) is 1.35. The first-order chi connectivity index (χ1) is 6.79. The van der Waals surface area contributed by atoms with Crippen LogP contribution in [0, 0.1) is 10.1 Å². The quantitative estimate of drug-likeness (QED) is 0.562. The SMILES string of the molecule is CS(=O)(=O)Nc1ncc([N+](=O)[O-])cc1O. The Bertz CT molecular complexity index is 497. The molecule has 8 nitrogen and oxygen atoms in total. The molecule has 82 valence electrons. The minimum absolute atomic E-state index is 0.344. The Hall–Kier alpha value is -1.90. The van der Waals surface area contributed by atoms with Gasteiger partial charge in [-0.15, -0.1) is 0 Å². The molecule has 0 aliphatic carbocycles. The third-order valence-corrected chi connectivity index (χ3v) is 1.91. The molecule has 0 aromatic carbocycles. The van der Waals surface area contributed by atoms with Gasteiger partial charge in [-0.25, -0.2) is 13.4 Å². The summed E-state index contributed by atoms with van der Waals surface area (Å²) in [6.07, 6.45) is 1.71. The molecule has 1 rings (SSSR count). The average Bonchev–Trinajstić information content (AvgIpc) is 2.05. The lowest BCUT2D eigenvalue weighted by Gasteiger charge is -2.03. The first-order valence-corrected chi connectivity index (χ1v) is 5.50. The zero-order valence-corrected chi connectivity index (χ0v) is 8.35. The molecule has 15 heavy (non-hydrogen) atoms. The fraction of sp³-hybridized carbons (Fsp3) is 0.167. The Kier molecular flexibility index (Phi) is 2.75. The van der Waals surface area contributed by atoms with E-state index in [0.717, 1.165) is 18.5 Å². The van der Waals surface area contributed by atoms with E-state index in [9.17, 15) is 23.6 Å². The smallest absolute Gasteiger partial charge is 0.291 e. The van der Waals surface area contributed by atoms with Gasteiger partial charge in [0.15, 0.2) is 11.6 Å². The largest absolute Gasteiger partial charge is 0.504 e. The molecular formula is C6H7N3O5S. The zero-order valence-electron chi connectivity index (χ0n) is 7.54. The first-order valence-electron chi connectivity index (χ1n) is 3.61. The summed E-state index contributed by atoms with van der Waals surface area (Å²) in [7, 11) is -3.58. The Morgan fingerprint density at radius 3 is 2.60 bits per heavy atom. The molecule has 0 bridgehead atoms. The van der Waals surface area contributed by atoms with Crippen LogP contribution < -0.4 is 4.72 Å². The van der Waals surface area contributed by atoms with Gasteiger partial charge in [-0.3, -0.25) is 14.8 Å². The average molecular weight is 233 g/mol. The summed E-state index contributed by atoms with van der Waals surface area (Å²) in [5.74, 6) is -0.947. The highest BCUT2D eigenvalue weighted by Gasteiger charge is 2.13. The van der Waals surface area contributed by atoms with Gasteiger partial charge >= 0.3 is 0 Å². The van der Waals surface area contributed by atoms with Crippen LogP contribution >= 0.6 is 0 Å². The number of rotatable bonds is 3. The van der Waals surface area contributed by atoms with Gasteiger partial charge in [0.05, 0.1) is 17.2 Å². The number of pyridine rings is 1. The Labute approximate surface area is 84.8 Å². The molecule has 1 heterocycles. The molecule has 1 aromatic rings. The molecule has 0 radical (unpaired) electrons. The third kappa shape index (κ3) is 3.06. The van der Waals surface area contributed by atoms with E-state index < -0.39 is 26.4 Å². The lowest BCUT2D eigenvalue weighted by molar-refractivity contribution is -0.385. The first kappa shape index (κ1) is 11.2. The van der Waals surface area contributed by atoms with Crippen molar-refractivity contribution in [3.8, 4) is 5.75 Å². The maximum atomic E-state index is 10.8. The molecule has 0 spiro atoms. The van der Waals surface area contributed by atoms with E-state index in [1.54, 1.807) is 0 Å². The van der Waals surface area contributed by atoms with E-state index in [1.807, 2.05) is 4.72 Å². The number of nitrogens with zero attached hydrogens (tertiary/aromatic N) is 2. The Balaban J connectivity index is 3.09. The second-order valence-electron chi connectivity index (χ2n) is 2.69. The fourth-order valence-corrected chi connectivity index (χ4v) is 1.31. The summed E-state index contributed by atoms with van der Waals surface area (Å²) in [4.78, 5) is 12.9. The van der Waals surface area contributed by atoms with E-state index in [-0.39, 0.29) is 5.82 Å². The Morgan fingerprint density at radius 1 is 1.60 bits per heavy atom. The molecule has 0 saturated heterocycles. The van der Waals surface area contributed by atoms with E-state index in [2.05, 4.69) is 4.98 Å². The van der Waals surface area contributed by atoms with Crippen LogP contribution in [0.25, 0.3) is 0 Å². The second kappa shape index (κ2) is 3.69. The summed E-state index contributed by atoms with van der Waals surface area (Å²) in [5.41, 5.74) is -0.424. The minimum atomic E-state index is -3.58. The molecule has 0 fully saturated rings. The van der Waals surface area contributed by atoms with Gasteiger partial charge in [0, 0.05) is 0 Å². The number of nitrogens with one attached hydrogen (secondary N) is 1. The Morgan fingerprint density at radius 2 is 2.20 bits per heavy atom. The molecule has 0 saturated carbocycles. The van der Waals surface area contributed by atoms with Crippen molar-refractivity contribution in [2.24, 2.45) is 0 Å². The zero-order chi connectivity index (χ0) is 11.6. The molecule has 2 N–H and O–H groups in total. The van der Waals surface area contributed by atoms with E-state index in [1.165, 1.54) is 0 Å². The summed E-state index contributed by atoms with van der Waals surface area (Å²) >= 11 is 0. The summed E-state index contributed by atoms with van der Waals surface area (Å²) in [5, 5.41) is 19.5. The highest BCUT2D eigenvalue weighted by molar-refractivity contribution is 7.92. The number of anilines is 1. The molecular weight excluding hydrogens is 226 g/mol. The maximum Gasteiger partial charge on any atom is 0.291 e. The molecule has 0 aliphatic heterocycles. The van der Waals surface area contributed by atoms with Crippen molar-refractivity contribution in [3.63, 3.8) is 0 Å². The summed E-state index contributed by atoms with van der Waals surface area (Å²) < 4.78 is 23.5. The van der Waals surface area contributed by atoms with Gasteiger partial charge in [0.25, 0.3) is 5.69 Å². The number of aromatic nitrogens is 1. The lowest BCUT2D eigenvalue weighted by atomic mass is 10.4. The molecule has 9 heteroatoms. The van der Waals surface area contributed by atoms with Crippen LogP contribution in [0.15, 0.2) is 12.3 Å². The fourth-order valence-electron chi connectivity index (χ4n) is 0.797. The van der Waals surface area contributed by atoms with Gasteiger partial charge in [-0.05, 0) is 0 Å². The van der Waals surface area contributed by atoms with Gasteiger partial charge in [-0.2, -0.15) is 0 Å². The highest BCUT2D eigenvalue weighted by Crippen LogP contribution is 2.25. The van der Waals surface area contributed by atoms with Crippen molar-refractivity contribution in [3.05, 3.63) is 22.4 Å². The number of aromatic hydroxyl groups is 1. The van der Waals surface area contributed by atoms with Crippen molar-refractivity contribution < 1.29 is 18.4 Å². The van der Waals surface area contributed by atoms with Crippen molar-refractivity contribution in [2.75, 3.05) is 11.0 Å². The monoisotopic (exact) mass is 233 g/mol. The minimum Gasteiger partial charge on any atom is -0.504 e. The van der Waals surface area contributed by atoms with E-state index in [0.29, 0.717) is 0 Å². The molecule has 0 atom stereocenters. The van der Waals surface area contributed by atoms with Crippen LogP contribution in [-0.4, -0.2) is 29.7 Å². The predicted molar refractivity (Wildman–Crippen MR) is 51.0 cm³/mol. The molecule has 0 unspecified atom stereocenters. The summed E-state index contributed by atoms with van der Waals surface area (Å²) in [6, 6.07) is 0.806.